The van der Waals surface area contributed by atoms with E-state index in [0.717, 1.165) is 15.6 Å². The van der Waals surface area contributed by atoms with Crippen molar-refractivity contribution in [3.63, 3.8) is 0 Å². The van der Waals surface area contributed by atoms with Crippen LogP contribution in [0.3, 0.4) is 0 Å². The van der Waals surface area contributed by atoms with Gasteiger partial charge in [0, 0.05) is 28.1 Å². The largest absolute Gasteiger partial charge is 0.494 e. The van der Waals surface area contributed by atoms with Gasteiger partial charge in [0.2, 0.25) is 5.91 Å². The van der Waals surface area contributed by atoms with Crippen LogP contribution in [0, 0.1) is 0 Å². The number of nitrogens with zero attached hydrogens (tertiary/aromatic N) is 1. The van der Waals surface area contributed by atoms with Crippen LogP contribution >= 0.6 is 35.0 Å². The standard InChI is InChI=1S/C25H26Cl2N2O4S2/c1-2-33-22-11-9-21(10-12-22)29(35(31,32)23-13-7-20(26)8-14-23)17-25(30)28-15-16-34-18-19-5-3-4-6-24(19)27/h3-14H,2,15-18H2,1H3,(H,28,30). The SMILES string of the molecule is CCOc1ccc(N(CC(=O)NCCSCc2ccccc2Cl)S(=O)(=O)c2ccc(Cl)cc2)cc1. The van der Waals surface area contributed by atoms with E-state index < -0.39 is 15.9 Å². The van der Waals surface area contributed by atoms with Crippen molar-refractivity contribution in [1.82, 2.24) is 5.32 Å². The molecule has 3 aromatic rings. The van der Waals surface area contributed by atoms with E-state index in [9.17, 15) is 13.2 Å². The predicted octanol–water partition coefficient (Wildman–Crippen LogP) is 5.64. The van der Waals surface area contributed by atoms with Gasteiger partial charge in [0.25, 0.3) is 10.0 Å². The second-order valence-electron chi connectivity index (χ2n) is 7.39. The van der Waals surface area contributed by atoms with Crippen molar-refractivity contribution in [2.45, 2.75) is 17.6 Å². The molecule has 35 heavy (non-hydrogen) atoms. The summed E-state index contributed by atoms with van der Waals surface area (Å²) < 4.78 is 33.4. The molecule has 0 fully saturated rings. The van der Waals surface area contributed by atoms with Crippen molar-refractivity contribution in [3.05, 3.63) is 88.4 Å². The maximum absolute atomic E-state index is 13.4. The van der Waals surface area contributed by atoms with Crippen LogP contribution in [0.15, 0.2) is 77.7 Å². The summed E-state index contributed by atoms with van der Waals surface area (Å²) in [7, 11) is -4.01. The van der Waals surface area contributed by atoms with Crippen molar-refractivity contribution in [2.24, 2.45) is 0 Å². The topological polar surface area (TPSA) is 75.7 Å². The number of benzene rings is 3. The Bertz CT molecular complexity index is 1220. The Kier molecular flexibility index (Phi) is 10.2. The number of amides is 1. The van der Waals surface area contributed by atoms with Crippen LogP contribution in [0.4, 0.5) is 5.69 Å². The minimum Gasteiger partial charge on any atom is -0.494 e. The number of anilines is 1. The summed E-state index contributed by atoms with van der Waals surface area (Å²) in [5.74, 6) is 1.58. The highest BCUT2D eigenvalue weighted by Gasteiger charge is 2.27. The molecular weight excluding hydrogens is 527 g/mol. The minimum absolute atomic E-state index is 0.0406. The first kappa shape index (κ1) is 27.2. The molecule has 1 N–H and O–H groups in total. The highest BCUT2D eigenvalue weighted by molar-refractivity contribution is 7.98. The van der Waals surface area contributed by atoms with Gasteiger partial charge in [-0.15, -0.1) is 0 Å². The molecule has 3 aromatic carbocycles. The Hall–Kier alpha value is -2.39. The normalized spacial score (nSPS) is 11.2. The molecule has 0 bridgehead atoms. The number of ether oxygens (including phenoxy) is 1. The zero-order valence-corrected chi connectivity index (χ0v) is 22.3. The van der Waals surface area contributed by atoms with Gasteiger partial charge in [-0.1, -0.05) is 41.4 Å². The van der Waals surface area contributed by atoms with Gasteiger partial charge in [-0.3, -0.25) is 9.10 Å². The molecule has 1 amide bonds. The van der Waals surface area contributed by atoms with Gasteiger partial charge >= 0.3 is 0 Å². The highest BCUT2D eigenvalue weighted by atomic mass is 35.5. The van der Waals surface area contributed by atoms with Crippen LogP contribution in [0.25, 0.3) is 0 Å². The zero-order valence-electron chi connectivity index (χ0n) is 19.1. The molecule has 3 rings (SSSR count). The molecule has 10 heteroatoms. The summed E-state index contributed by atoms with van der Waals surface area (Å²) >= 11 is 13.7. The number of thioether (sulfide) groups is 1. The molecule has 6 nitrogen and oxygen atoms in total. The van der Waals surface area contributed by atoms with Crippen molar-refractivity contribution in [3.8, 4) is 5.75 Å². The molecule has 0 heterocycles. The van der Waals surface area contributed by atoms with Gasteiger partial charge in [0.1, 0.15) is 12.3 Å². The molecule has 0 radical (unpaired) electrons. The van der Waals surface area contributed by atoms with Crippen molar-refractivity contribution >= 4 is 56.6 Å². The number of carbonyl (C=O) groups excluding carboxylic acids is 1. The van der Waals surface area contributed by atoms with Crippen molar-refractivity contribution in [2.75, 3.05) is 29.8 Å². The van der Waals surface area contributed by atoms with E-state index in [1.807, 2.05) is 31.2 Å². The monoisotopic (exact) mass is 552 g/mol. The van der Waals surface area contributed by atoms with Crippen molar-refractivity contribution < 1.29 is 17.9 Å². The lowest BCUT2D eigenvalue weighted by molar-refractivity contribution is -0.119. The number of carbonyl (C=O) groups is 1. The molecule has 0 aliphatic rings. The van der Waals surface area contributed by atoms with E-state index in [1.54, 1.807) is 36.0 Å². The second kappa shape index (κ2) is 13.1. The first-order valence-electron chi connectivity index (χ1n) is 10.9. The maximum Gasteiger partial charge on any atom is 0.264 e. The Morgan fingerprint density at radius 1 is 1.00 bits per heavy atom. The predicted molar refractivity (Wildman–Crippen MR) is 144 cm³/mol. The minimum atomic E-state index is -4.01. The van der Waals surface area contributed by atoms with Crippen LogP contribution in [0.5, 0.6) is 5.75 Å². The Morgan fingerprint density at radius 3 is 2.34 bits per heavy atom. The molecule has 0 unspecified atom stereocenters. The third-order valence-corrected chi connectivity index (χ3v) is 8.33. The summed E-state index contributed by atoms with van der Waals surface area (Å²) in [6.45, 7) is 2.38. The molecular formula is C25H26Cl2N2O4S2. The number of nitrogens with one attached hydrogen (secondary N) is 1. The molecule has 0 aromatic heterocycles. The molecule has 186 valence electrons. The number of halogens is 2. The first-order chi connectivity index (χ1) is 16.8. The van der Waals surface area contributed by atoms with E-state index in [1.165, 1.54) is 24.3 Å². The zero-order chi connectivity index (χ0) is 25.3. The first-order valence-corrected chi connectivity index (χ1v) is 14.3. The lowest BCUT2D eigenvalue weighted by atomic mass is 10.2. The summed E-state index contributed by atoms with van der Waals surface area (Å²) in [4.78, 5) is 12.8. The quantitative estimate of drug-likeness (QED) is 0.294. The fourth-order valence-corrected chi connectivity index (χ4v) is 5.86. The summed E-state index contributed by atoms with van der Waals surface area (Å²) in [6, 6.07) is 20.0. The van der Waals surface area contributed by atoms with Gasteiger partial charge in [0.05, 0.1) is 17.2 Å². The van der Waals surface area contributed by atoms with Gasteiger partial charge in [-0.25, -0.2) is 8.42 Å². The lowest BCUT2D eigenvalue weighted by Gasteiger charge is -2.24. The number of hydrogen-bond donors (Lipinski definition) is 1. The molecule has 0 saturated carbocycles. The van der Waals surface area contributed by atoms with Crippen LogP contribution < -0.4 is 14.4 Å². The van der Waals surface area contributed by atoms with E-state index in [4.69, 9.17) is 27.9 Å². The smallest absolute Gasteiger partial charge is 0.264 e. The number of sulfonamides is 1. The van der Waals surface area contributed by atoms with Crippen LogP contribution in [-0.2, 0) is 20.6 Å². The van der Waals surface area contributed by atoms with Gasteiger partial charge < -0.3 is 10.1 Å². The Morgan fingerprint density at radius 2 is 1.69 bits per heavy atom. The van der Waals surface area contributed by atoms with Crippen LogP contribution in [0.1, 0.15) is 12.5 Å². The molecule has 0 spiro atoms. The third-order valence-electron chi connectivity index (χ3n) is 4.91. The molecule has 0 aliphatic heterocycles. The van der Waals surface area contributed by atoms with E-state index in [2.05, 4.69) is 5.32 Å². The van der Waals surface area contributed by atoms with Crippen LogP contribution in [-0.4, -0.2) is 39.8 Å². The maximum atomic E-state index is 13.4. The fourth-order valence-electron chi connectivity index (χ4n) is 3.17. The van der Waals surface area contributed by atoms with Crippen LogP contribution in [0.2, 0.25) is 10.0 Å². The average Bonchev–Trinajstić information content (AvgIpc) is 2.84. The molecule has 0 aliphatic carbocycles. The highest BCUT2D eigenvalue weighted by Crippen LogP contribution is 2.26. The van der Waals surface area contributed by atoms with Gasteiger partial charge in [0.15, 0.2) is 0 Å². The average molecular weight is 554 g/mol. The van der Waals surface area contributed by atoms with Crippen molar-refractivity contribution in [1.29, 1.82) is 0 Å². The lowest BCUT2D eigenvalue weighted by Crippen LogP contribution is -2.41. The van der Waals surface area contributed by atoms with E-state index >= 15 is 0 Å². The fraction of sp³-hybridized carbons (Fsp3) is 0.240. The molecule has 0 saturated heterocycles. The second-order valence-corrected chi connectivity index (χ2v) is 11.2. The summed E-state index contributed by atoms with van der Waals surface area (Å²) in [5.41, 5.74) is 1.38. The summed E-state index contributed by atoms with van der Waals surface area (Å²) in [5, 5.41) is 3.93. The number of hydrogen-bond acceptors (Lipinski definition) is 5. The van der Waals surface area contributed by atoms with Gasteiger partial charge in [-0.05, 0) is 67.1 Å². The summed E-state index contributed by atoms with van der Waals surface area (Å²) in [6.07, 6.45) is 0. The molecule has 0 atom stereocenters. The van der Waals surface area contributed by atoms with Gasteiger partial charge in [-0.2, -0.15) is 11.8 Å². The Labute approximate surface area is 220 Å². The van der Waals surface area contributed by atoms with E-state index in [-0.39, 0.29) is 11.4 Å². The third kappa shape index (κ3) is 7.80. The van der Waals surface area contributed by atoms with E-state index in [0.29, 0.717) is 40.4 Å². The number of rotatable bonds is 12. The Balaban J connectivity index is 1.67.